The van der Waals surface area contributed by atoms with Gasteiger partial charge in [-0.3, -0.25) is 4.72 Å². The van der Waals surface area contributed by atoms with Gasteiger partial charge in [-0.1, -0.05) is 0 Å². The maximum atomic E-state index is 13.2. The second-order valence-electron chi connectivity index (χ2n) is 4.28. The zero-order valence-corrected chi connectivity index (χ0v) is 12.1. The van der Waals surface area contributed by atoms with Crippen LogP contribution in [0.4, 0.5) is 14.6 Å². The van der Waals surface area contributed by atoms with E-state index in [1.807, 2.05) is 0 Å². The summed E-state index contributed by atoms with van der Waals surface area (Å²) in [5.74, 6) is -2.19. The van der Waals surface area contributed by atoms with Crippen molar-refractivity contribution < 1.29 is 17.2 Å². The molecule has 2 heterocycles. The molecule has 0 unspecified atom stereocenters. The molecule has 0 aliphatic carbocycles. The molecule has 0 saturated carbocycles. The number of hydrogen-bond acceptors (Lipinski definition) is 6. The number of sulfonamides is 1. The topological polar surface area (TPSA) is 103 Å². The molecule has 2 aromatic heterocycles. The Morgan fingerprint density at radius 1 is 1.04 bits per heavy atom. The lowest BCUT2D eigenvalue weighted by Gasteiger charge is -2.08. The summed E-state index contributed by atoms with van der Waals surface area (Å²) in [6.45, 7) is 0. The second kappa shape index (κ2) is 5.68. The van der Waals surface area contributed by atoms with Crippen LogP contribution in [0, 0.1) is 11.6 Å². The van der Waals surface area contributed by atoms with Gasteiger partial charge in [0.15, 0.2) is 17.5 Å². The van der Waals surface area contributed by atoms with Gasteiger partial charge in [-0.2, -0.15) is 5.10 Å². The maximum Gasteiger partial charge on any atom is 0.263 e. The fraction of sp³-hybridized carbons (Fsp3) is 0. The van der Waals surface area contributed by atoms with Crippen LogP contribution < -0.4 is 4.72 Å². The van der Waals surface area contributed by atoms with Crippen LogP contribution in [0.15, 0.2) is 48.1 Å². The summed E-state index contributed by atoms with van der Waals surface area (Å²) in [4.78, 5) is 11.0. The van der Waals surface area contributed by atoms with Crippen molar-refractivity contribution in [3.8, 4) is 5.82 Å². The Labute approximate surface area is 128 Å². The van der Waals surface area contributed by atoms with Gasteiger partial charge in [-0.25, -0.2) is 36.8 Å². The Morgan fingerprint density at radius 2 is 1.87 bits per heavy atom. The molecule has 0 atom stereocenters. The standard InChI is InChI=1S/C12H8F2N6O2S/c13-9-2-1-8(3-10(9)14)23(21,22)19-11-4-12(17-6-16-11)20-7-15-5-18-20/h1-7H,(H,16,17,19). The highest BCUT2D eigenvalue weighted by atomic mass is 32.2. The summed E-state index contributed by atoms with van der Waals surface area (Å²) in [6, 6.07) is 3.56. The first-order valence-electron chi connectivity index (χ1n) is 6.10. The fourth-order valence-electron chi connectivity index (χ4n) is 1.70. The van der Waals surface area contributed by atoms with E-state index >= 15 is 0 Å². The van der Waals surface area contributed by atoms with E-state index in [1.165, 1.54) is 23.4 Å². The van der Waals surface area contributed by atoms with Gasteiger partial charge >= 0.3 is 0 Å². The van der Waals surface area contributed by atoms with Crippen molar-refractivity contribution in [2.45, 2.75) is 4.90 Å². The van der Waals surface area contributed by atoms with Gasteiger partial charge < -0.3 is 0 Å². The van der Waals surface area contributed by atoms with Crippen LogP contribution in [0.25, 0.3) is 5.82 Å². The van der Waals surface area contributed by atoms with Crippen LogP contribution in [0.1, 0.15) is 0 Å². The minimum absolute atomic E-state index is 0.0600. The molecule has 3 aromatic rings. The number of benzene rings is 1. The average Bonchev–Trinajstić information content (AvgIpc) is 3.04. The van der Waals surface area contributed by atoms with E-state index in [9.17, 15) is 17.2 Å². The molecule has 0 aliphatic heterocycles. The monoisotopic (exact) mass is 338 g/mol. The molecule has 3 rings (SSSR count). The summed E-state index contributed by atoms with van der Waals surface area (Å²) >= 11 is 0. The molecule has 0 spiro atoms. The van der Waals surface area contributed by atoms with Gasteiger partial charge in [-0.15, -0.1) is 0 Å². The van der Waals surface area contributed by atoms with Crippen molar-refractivity contribution in [2.24, 2.45) is 0 Å². The molecule has 0 amide bonds. The fourth-order valence-corrected chi connectivity index (χ4v) is 2.71. The molecular weight excluding hydrogens is 330 g/mol. The predicted octanol–water partition coefficient (Wildman–Crippen LogP) is 1.14. The minimum Gasteiger partial charge on any atom is -0.263 e. The average molecular weight is 338 g/mol. The SMILES string of the molecule is O=S(=O)(Nc1cc(-n2cncn2)ncn1)c1ccc(F)c(F)c1. The van der Waals surface area contributed by atoms with Crippen molar-refractivity contribution in [1.29, 1.82) is 0 Å². The Bertz CT molecular complexity index is 946. The molecule has 0 saturated heterocycles. The Hall–Kier alpha value is -2.95. The lowest BCUT2D eigenvalue weighted by Crippen LogP contribution is -2.15. The van der Waals surface area contributed by atoms with Gasteiger partial charge in [0, 0.05) is 6.07 Å². The van der Waals surface area contributed by atoms with Gasteiger partial charge in [0.05, 0.1) is 4.90 Å². The first-order valence-corrected chi connectivity index (χ1v) is 7.59. The Morgan fingerprint density at radius 3 is 2.57 bits per heavy atom. The summed E-state index contributed by atoms with van der Waals surface area (Å²) in [5.41, 5.74) is 0. The predicted molar refractivity (Wildman–Crippen MR) is 74.1 cm³/mol. The van der Waals surface area contributed by atoms with E-state index in [4.69, 9.17) is 0 Å². The summed E-state index contributed by atoms with van der Waals surface area (Å²) in [5, 5.41) is 3.85. The van der Waals surface area contributed by atoms with Gasteiger partial charge in [0.2, 0.25) is 0 Å². The molecule has 1 N–H and O–H groups in total. The van der Waals surface area contributed by atoms with Gasteiger partial charge in [0.1, 0.15) is 24.8 Å². The normalized spacial score (nSPS) is 11.4. The zero-order chi connectivity index (χ0) is 16.4. The van der Waals surface area contributed by atoms with Crippen LogP contribution >= 0.6 is 0 Å². The van der Waals surface area contributed by atoms with Crippen LogP contribution in [-0.4, -0.2) is 33.2 Å². The third-order valence-corrected chi connectivity index (χ3v) is 4.10. The first-order chi connectivity index (χ1) is 11.0. The Kier molecular flexibility index (Phi) is 3.70. The van der Waals surface area contributed by atoms with Gasteiger partial charge in [0.25, 0.3) is 10.0 Å². The highest BCUT2D eigenvalue weighted by Crippen LogP contribution is 2.17. The number of nitrogens with zero attached hydrogens (tertiary/aromatic N) is 5. The highest BCUT2D eigenvalue weighted by Gasteiger charge is 2.17. The smallest absolute Gasteiger partial charge is 0.263 e. The van der Waals surface area contributed by atoms with Crippen LogP contribution in [0.3, 0.4) is 0 Å². The molecule has 0 aliphatic rings. The molecule has 11 heteroatoms. The third kappa shape index (κ3) is 3.13. The van der Waals surface area contributed by atoms with Crippen molar-refractivity contribution in [3.63, 3.8) is 0 Å². The lowest BCUT2D eigenvalue weighted by atomic mass is 10.3. The van der Waals surface area contributed by atoms with Crippen molar-refractivity contribution >= 4 is 15.8 Å². The van der Waals surface area contributed by atoms with E-state index in [-0.39, 0.29) is 11.6 Å². The lowest BCUT2D eigenvalue weighted by molar-refractivity contribution is 0.504. The first kappa shape index (κ1) is 15.0. The van der Waals surface area contributed by atoms with E-state index in [2.05, 4.69) is 24.8 Å². The van der Waals surface area contributed by atoms with Crippen molar-refractivity contribution in [1.82, 2.24) is 24.7 Å². The van der Waals surface area contributed by atoms with Gasteiger partial charge in [-0.05, 0) is 18.2 Å². The van der Waals surface area contributed by atoms with Crippen LogP contribution in [0.5, 0.6) is 0 Å². The maximum absolute atomic E-state index is 13.2. The summed E-state index contributed by atoms with van der Waals surface area (Å²) < 4.78 is 53.9. The van der Waals surface area contributed by atoms with E-state index < -0.39 is 26.6 Å². The number of anilines is 1. The quantitative estimate of drug-likeness (QED) is 0.765. The third-order valence-electron chi connectivity index (χ3n) is 2.75. The van der Waals surface area contributed by atoms with Crippen molar-refractivity contribution in [3.05, 3.63) is 54.9 Å². The molecule has 1 aromatic carbocycles. The molecule has 0 bridgehead atoms. The molecule has 0 fully saturated rings. The number of halogens is 2. The minimum atomic E-state index is -4.13. The van der Waals surface area contributed by atoms with Crippen molar-refractivity contribution in [2.75, 3.05) is 4.72 Å². The van der Waals surface area contributed by atoms with E-state index in [1.54, 1.807) is 0 Å². The molecule has 23 heavy (non-hydrogen) atoms. The zero-order valence-electron chi connectivity index (χ0n) is 11.3. The molecule has 8 nitrogen and oxygen atoms in total. The highest BCUT2D eigenvalue weighted by molar-refractivity contribution is 7.92. The van der Waals surface area contributed by atoms with E-state index in [0.29, 0.717) is 6.07 Å². The summed E-state index contributed by atoms with van der Waals surface area (Å²) in [6.07, 6.45) is 3.78. The molecule has 0 radical (unpaired) electrons. The molecular formula is C12H8F2N6O2S. The molecule has 118 valence electrons. The number of nitrogens with one attached hydrogen (secondary N) is 1. The van der Waals surface area contributed by atoms with Crippen LogP contribution in [0.2, 0.25) is 0 Å². The Balaban J connectivity index is 1.91. The van der Waals surface area contributed by atoms with E-state index in [0.717, 1.165) is 18.5 Å². The number of rotatable bonds is 4. The second-order valence-corrected chi connectivity index (χ2v) is 5.97. The number of hydrogen-bond donors (Lipinski definition) is 1. The van der Waals surface area contributed by atoms with Crippen LogP contribution in [-0.2, 0) is 10.0 Å². The number of aromatic nitrogens is 5. The largest absolute Gasteiger partial charge is 0.263 e. The summed E-state index contributed by atoms with van der Waals surface area (Å²) in [7, 11) is -4.13.